The van der Waals surface area contributed by atoms with Gasteiger partial charge in [-0.1, -0.05) is 6.08 Å². The molecule has 110 valence electrons. The third-order valence-corrected chi connectivity index (χ3v) is 3.92. The van der Waals surface area contributed by atoms with Gasteiger partial charge in [0.1, 0.15) is 0 Å². The average Bonchev–Trinajstić information content (AvgIpc) is 2.82. The zero-order valence-electron chi connectivity index (χ0n) is 12.6. The van der Waals surface area contributed by atoms with Gasteiger partial charge in [-0.2, -0.15) is 0 Å². The summed E-state index contributed by atoms with van der Waals surface area (Å²) in [6.07, 6.45) is 14.4. The SMILES string of the molecule is CC(C)(O)CCCc1cn(C=O)cc1C1=CCCCC1. The minimum atomic E-state index is -0.614. The highest BCUT2D eigenvalue weighted by Gasteiger charge is 2.16. The molecule has 3 nitrogen and oxygen atoms in total. The first kappa shape index (κ1) is 15.0. The third-order valence-electron chi connectivity index (χ3n) is 3.92. The van der Waals surface area contributed by atoms with E-state index >= 15 is 0 Å². The van der Waals surface area contributed by atoms with Crippen LogP contribution in [-0.2, 0) is 11.2 Å². The predicted octanol–water partition coefficient (Wildman–Crippen LogP) is 3.58. The molecule has 3 heteroatoms. The van der Waals surface area contributed by atoms with Crippen molar-refractivity contribution in [3.8, 4) is 0 Å². The summed E-state index contributed by atoms with van der Waals surface area (Å²) in [6, 6.07) is 0. The summed E-state index contributed by atoms with van der Waals surface area (Å²) in [5.41, 5.74) is 3.23. The molecule has 1 aliphatic rings. The first-order valence-corrected chi connectivity index (χ1v) is 7.57. The number of rotatable bonds is 6. The van der Waals surface area contributed by atoms with Crippen LogP contribution in [-0.4, -0.2) is 21.7 Å². The maximum atomic E-state index is 11.0. The molecule has 1 heterocycles. The number of nitrogens with zero attached hydrogens (tertiary/aromatic N) is 1. The summed E-state index contributed by atoms with van der Waals surface area (Å²) in [7, 11) is 0. The van der Waals surface area contributed by atoms with Gasteiger partial charge in [0, 0.05) is 12.4 Å². The van der Waals surface area contributed by atoms with Crippen molar-refractivity contribution in [3.63, 3.8) is 0 Å². The van der Waals surface area contributed by atoms with Gasteiger partial charge >= 0.3 is 0 Å². The zero-order valence-corrected chi connectivity index (χ0v) is 12.6. The Hall–Kier alpha value is -1.35. The van der Waals surface area contributed by atoms with E-state index < -0.39 is 5.60 Å². The van der Waals surface area contributed by atoms with E-state index in [0.717, 1.165) is 38.5 Å². The summed E-state index contributed by atoms with van der Waals surface area (Å²) in [5, 5.41) is 9.79. The van der Waals surface area contributed by atoms with Crippen LogP contribution in [0.25, 0.3) is 5.57 Å². The Bertz CT molecular complexity index is 492. The van der Waals surface area contributed by atoms with Crippen molar-refractivity contribution in [3.05, 3.63) is 29.6 Å². The van der Waals surface area contributed by atoms with Crippen LogP contribution >= 0.6 is 0 Å². The molecular formula is C17H25NO2. The molecule has 0 spiro atoms. The molecule has 1 N–H and O–H groups in total. The molecule has 0 unspecified atom stereocenters. The number of aliphatic hydroxyl groups is 1. The Morgan fingerprint density at radius 1 is 1.35 bits per heavy atom. The van der Waals surface area contributed by atoms with Crippen molar-refractivity contribution in [2.45, 2.75) is 64.4 Å². The second-order valence-electron chi connectivity index (χ2n) is 6.39. The fourth-order valence-electron chi connectivity index (χ4n) is 2.86. The summed E-state index contributed by atoms with van der Waals surface area (Å²) in [5.74, 6) is 0. The van der Waals surface area contributed by atoms with Crippen LogP contribution in [0.5, 0.6) is 0 Å². The fourth-order valence-corrected chi connectivity index (χ4v) is 2.86. The lowest BCUT2D eigenvalue weighted by atomic mass is 9.91. The highest BCUT2D eigenvalue weighted by atomic mass is 16.3. The highest BCUT2D eigenvalue weighted by molar-refractivity contribution is 5.70. The highest BCUT2D eigenvalue weighted by Crippen LogP contribution is 2.30. The van der Waals surface area contributed by atoms with Gasteiger partial charge in [-0.15, -0.1) is 0 Å². The number of hydrogen-bond acceptors (Lipinski definition) is 2. The Morgan fingerprint density at radius 3 is 2.75 bits per heavy atom. The molecule has 0 atom stereocenters. The average molecular weight is 275 g/mol. The molecule has 0 amide bonds. The minimum absolute atomic E-state index is 0.614. The van der Waals surface area contributed by atoms with Gasteiger partial charge in [0.05, 0.1) is 5.60 Å². The molecular weight excluding hydrogens is 250 g/mol. The van der Waals surface area contributed by atoms with Crippen molar-refractivity contribution in [1.29, 1.82) is 0 Å². The van der Waals surface area contributed by atoms with E-state index in [1.54, 1.807) is 4.57 Å². The summed E-state index contributed by atoms with van der Waals surface area (Å²) < 4.78 is 1.62. The van der Waals surface area contributed by atoms with Crippen LogP contribution in [0, 0.1) is 0 Å². The first-order valence-electron chi connectivity index (χ1n) is 7.57. The lowest BCUT2D eigenvalue weighted by Gasteiger charge is -2.17. The first-order chi connectivity index (χ1) is 9.49. The van der Waals surface area contributed by atoms with Gasteiger partial charge < -0.3 is 5.11 Å². The topological polar surface area (TPSA) is 42.2 Å². The standard InChI is InChI=1S/C17H25NO2/c1-17(2,20)10-6-9-15-11-18(13-19)12-16(15)14-7-4-3-5-8-14/h7,11-13,20H,3-6,8-10H2,1-2H3. The quantitative estimate of drug-likeness (QED) is 0.806. The Morgan fingerprint density at radius 2 is 2.15 bits per heavy atom. The lowest BCUT2D eigenvalue weighted by molar-refractivity contribution is 0.0689. The molecule has 0 radical (unpaired) electrons. The number of allylic oxidation sites excluding steroid dienone is 2. The van der Waals surface area contributed by atoms with Crippen LogP contribution in [0.1, 0.15) is 63.5 Å². The molecule has 2 rings (SSSR count). The second kappa shape index (κ2) is 6.40. The van der Waals surface area contributed by atoms with Gasteiger partial charge in [0.25, 0.3) is 0 Å². The number of carbonyl (C=O) groups excluding carboxylic acids is 1. The normalized spacial score (nSPS) is 16.1. The van der Waals surface area contributed by atoms with Gasteiger partial charge in [0.15, 0.2) is 0 Å². The summed E-state index contributed by atoms with van der Waals surface area (Å²) in [6.45, 7) is 3.68. The molecule has 1 aromatic heterocycles. The van der Waals surface area contributed by atoms with E-state index in [9.17, 15) is 9.90 Å². The number of aromatic nitrogens is 1. The molecule has 0 bridgehead atoms. The van der Waals surface area contributed by atoms with Gasteiger partial charge in [-0.05, 0) is 75.5 Å². The molecule has 0 aromatic carbocycles. The summed E-state index contributed by atoms with van der Waals surface area (Å²) >= 11 is 0. The maximum Gasteiger partial charge on any atom is 0.217 e. The molecule has 0 saturated carbocycles. The van der Waals surface area contributed by atoms with E-state index in [0.29, 0.717) is 0 Å². The van der Waals surface area contributed by atoms with E-state index in [2.05, 4.69) is 6.08 Å². The third kappa shape index (κ3) is 4.07. The monoisotopic (exact) mass is 275 g/mol. The van der Waals surface area contributed by atoms with Gasteiger partial charge in [-0.3, -0.25) is 9.36 Å². The number of hydrogen-bond donors (Lipinski definition) is 1. The molecule has 0 fully saturated rings. The van der Waals surface area contributed by atoms with E-state index in [1.807, 2.05) is 26.2 Å². The minimum Gasteiger partial charge on any atom is -0.390 e. The van der Waals surface area contributed by atoms with Crippen molar-refractivity contribution in [2.75, 3.05) is 0 Å². The van der Waals surface area contributed by atoms with E-state index in [-0.39, 0.29) is 0 Å². The van der Waals surface area contributed by atoms with Crippen LogP contribution in [0.3, 0.4) is 0 Å². The molecule has 0 saturated heterocycles. The van der Waals surface area contributed by atoms with Crippen molar-refractivity contribution >= 4 is 12.0 Å². The Labute approximate surface area is 121 Å². The Balaban J connectivity index is 2.12. The van der Waals surface area contributed by atoms with Crippen molar-refractivity contribution < 1.29 is 9.90 Å². The van der Waals surface area contributed by atoms with E-state index in [1.165, 1.54) is 29.5 Å². The maximum absolute atomic E-state index is 11.0. The second-order valence-corrected chi connectivity index (χ2v) is 6.39. The molecule has 1 aromatic rings. The van der Waals surface area contributed by atoms with E-state index in [4.69, 9.17) is 0 Å². The smallest absolute Gasteiger partial charge is 0.217 e. The summed E-state index contributed by atoms with van der Waals surface area (Å²) in [4.78, 5) is 11.0. The zero-order chi connectivity index (χ0) is 14.6. The van der Waals surface area contributed by atoms with Gasteiger partial charge in [-0.25, -0.2) is 0 Å². The van der Waals surface area contributed by atoms with Crippen molar-refractivity contribution in [1.82, 2.24) is 4.57 Å². The predicted molar refractivity (Wildman–Crippen MR) is 82.3 cm³/mol. The van der Waals surface area contributed by atoms with Crippen LogP contribution in [0.4, 0.5) is 0 Å². The number of aryl methyl sites for hydroxylation is 1. The molecule has 1 aliphatic carbocycles. The van der Waals surface area contributed by atoms with Crippen LogP contribution in [0.15, 0.2) is 18.5 Å². The lowest BCUT2D eigenvalue weighted by Crippen LogP contribution is -2.18. The number of carbonyl (C=O) groups is 1. The van der Waals surface area contributed by atoms with Gasteiger partial charge in [0.2, 0.25) is 6.41 Å². The fraction of sp³-hybridized carbons (Fsp3) is 0.588. The van der Waals surface area contributed by atoms with Crippen molar-refractivity contribution in [2.24, 2.45) is 0 Å². The molecule has 20 heavy (non-hydrogen) atoms. The van der Waals surface area contributed by atoms with Crippen LogP contribution < -0.4 is 0 Å². The van der Waals surface area contributed by atoms with Crippen LogP contribution in [0.2, 0.25) is 0 Å². The Kier molecular flexibility index (Phi) is 4.81. The largest absolute Gasteiger partial charge is 0.390 e. The molecule has 0 aliphatic heterocycles.